The van der Waals surface area contributed by atoms with Crippen LogP contribution in [0.25, 0.3) is 0 Å². The van der Waals surface area contributed by atoms with Gasteiger partial charge in [-0.1, -0.05) is 242 Å². The molecule has 28 atom stereocenters. The summed E-state index contributed by atoms with van der Waals surface area (Å²) >= 11 is 52.5. The largest absolute Gasteiger partial charge is 0.388 e. The first-order valence-electron chi connectivity index (χ1n) is 37.8. The van der Waals surface area contributed by atoms with Gasteiger partial charge in [-0.15, -0.1) is 46.4 Å². The van der Waals surface area contributed by atoms with Crippen LogP contribution in [0.15, 0.2) is 0 Å². The van der Waals surface area contributed by atoms with Crippen LogP contribution < -0.4 is 13.3 Å². The molecule has 9 fully saturated rings. The monoisotopic (exact) mass is 3470 g/mol. The van der Waals surface area contributed by atoms with Gasteiger partial charge in [-0.25, -0.2) is 0 Å². The fourth-order valence-electron chi connectivity index (χ4n) is 11.7. The number of hydrogen-bond donors (Lipinski definition) is 5. The average molecular weight is 3480 g/mol. The zero-order valence-electron chi connectivity index (χ0n) is 78.2. The number of rotatable bonds is 12. The van der Waals surface area contributed by atoms with Gasteiger partial charge < -0.3 is 164 Å². The van der Waals surface area contributed by atoms with E-state index in [-0.39, 0.29) is 186 Å². The van der Waals surface area contributed by atoms with Crippen molar-refractivity contribution in [2.75, 3.05) is 119 Å². The normalized spacial score (nSPS) is 31.1. The summed E-state index contributed by atoms with van der Waals surface area (Å²) in [6, 6.07) is 0. The number of aliphatic hydroxyl groups is 4. The first-order chi connectivity index (χ1) is 59.8. The van der Waals surface area contributed by atoms with Crippen LogP contribution >= 0.6 is 305 Å². The molecule has 0 bridgehead atoms. The van der Waals surface area contributed by atoms with Crippen LogP contribution in [0.3, 0.4) is 0 Å². The molecule has 0 aromatic carbocycles. The second-order valence-corrected chi connectivity index (χ2v) is 62.0. The first-order valence-corrected chi connectivity index (χ1v) is 68.0. The number of fused-ring (bicyclic) bond motifs is 2. The Bertz CT molecular complexity index is 2670. The number of aliphatic carboxylic acids is 1. The van der Waals surface area contributed by atoms with Crippen LogP contribution in [0.2, 0.25) is 0 Å². The quantitative estimate of drug-likeness (QED) is 0.0398. The predicted molar refractivity (Wildman–Crippen MR) is 595 cm³/mol. The third-order valence-electron chi connectivity index (χ3n) is 17.2. The second kappa shape index (κ2) is 102. The Kier molecular flexibility index (Phi) is 129. The number of ether oxygens (including phenoxy) is 23. The molecule has 5 unspecified atom stereocenters. The number of carboxylic acids is 1. The molecule has 0 amide bonds. The summed E-state index contributed by atoms with van der Waals surface area (Å²) in [5.74, 6) is -0.546. The van der Waals surface area contributed by atoms with Crippen molar-refractivity contribution < 1.29 is 218 Å². The molecule has 0 aliphatic carbocycles. The molecule has 35 nitrogen and oxygen atoms in total. The average Bonchev–Trinajstić information content (AvgIpc) is 1.65. The maximum atomic E-state index is 11.2. The molecule has 9 saturated heterocycles. The summed E-state index contributed by atoms with van der Waals surface area (Å²) < 4.78 is 124. The number of esters is 6. The molecular weight excluding hydrogens is 3330 g/mol. The molecule has 0 aromatic heterocycles. The predicted octanol–water partition coefficient (Wildman–Crippen LogP) is 15.0. The molecule has 5 N–H and O–H groups in total. The molecule has 2 radical (unpaired) electrons. The van der Waals surface area contributed by atoms with Gasteiger partial charge in [-0.05, 0) is 58.1 Å². The van der Waals surface area contributed by atoms with Crippen molar-refractivity contribution in [1.29, 1.82) is 0 Å². The summed E-state index contributed by atoms with van der Waals surface area (Å²) in [5.41, 5.74) is 0. The van der Waals surface area contributed by atoms with Crippen molar-refractivity contribution in [3.05, 3.63) is 12.4 Å². The van der Waals surface area contributed by atoms with Crippen LogP contribution in [0.4, 0.5) is 0 Å². The van der Waals surface area contributed by atoms with Crippen LogP contribution in [-0.2, 0) is 180 Å². The number of hydrogen-bond acceptors (Lipinski definition) is 34. The Morgan fingerprint density at radius 3 is 0.940 bits per heavy atom. The van der Waals surface area contributed by atoms with Crippen LogP contribution in [0.1, 0.15) is 133 Å². The van der Waals surface area contributed by atoms with Gasteiger partial charge in [0.05, 0.1) is 83.8 Å². The zero-order chi connectivity index (χ0) is 102. The third-order valence-corrected chi connectivity index (χ3v) is 19.4. The van der Waals surface area contributed by atoms with Crippen molar-refractivity contribution in [3.8, 4) is 0 Å². The standard InChI is InChI=1S/C12H18O7.C11H18O5.C10H15BrO5.C10H18O5.C9H18O3.C8H15BrO3.C5H10O5.C2H4O2.2CH3Br.2CH2Cl2.CHI3.CH2I2.CH3I.CH2I.2CH4.CH3.I3.2V/c1-6(13)16-8-5-15-11-10(9(8)17-7(2)14)18-12(3,4)19-11;1-6-7(2)14-5-10(15-8(3)12)11(6)16-9(4)13;1-5-9(16-7(3)13)8(15-6(2)12)4-14-10(5)11;1-10(2)14-8-7(12-4)6(11-3)5-13-9(8)15-10;1-6-7(2)12-5-8(10-3)9(6)11-4;1-5-7(11-3)6(10-2)4-12-8(5)9;6-2-1-10-5(9)4(8)3(2)7;1-2(3)4;2*1-2;2*2-1-3;2-1(3)4;2-1-3;2*1-2;;;;1-3-2;;/h8-11H,5H2,1-4H3;6-7,10-11H,5H2,1-4H3;5,8-10H,4H2,1-3H3;6-9H,5H2,1-4H3;6-9H,5H2,1-4H3;5-8H,4H2,1-3H3;2-9H,1H2;1H3,(H,3,4);2*1H3;2*1H2;1H;1H2;1H3;1H2;2*1H4;1H3;;;/q;;;;;;;;;;;;;;;-1;;;2*-1;;/t8-,9+,10-,11-;6-,7?,10+,11+;5-,8-,9-,10?;6-,7+,8-,9-;6-,7?,8+,9+;5-,6-,7-,8?;2-,3+,4-,5?;;;;;;;;;;;;;;;/m1011011.............../s1. The van der Waals surface area contributed by atoms with Gasteiger partial charge in [0.15, 0.2) is 61.0 Å². The van der Waals surface area contributed by atoms with E-state index in [4.69, 9.17) is 181 Å². The number of carbonyl (C=O) groups is 7. The topological polar surface area (TPSA) is 433 Å². The van der Waals surface area contributed by atoms with Crippen molar-refractivity contribution in [2.24, 2.45) is 23.7 Å². The Balaban J connectivity index is -0.000000109. The van der Waals surface area contributed by atoms with E-state index in [1.54, 1.807) is 56.5 Å². The van der Waals surface area contributed by atoms with Crippen molar-refractivity contribution in [3.63, 3.8) is 0 Å². The molecule has 55 heteroatoms. The van der Waals surface area contributed by atoms with E-state index >= 15 is 0 Å². The minimum absolute atomic E-state index is 0. The maximum absolute atomic E-state index is 11.2. The Morgan fingerprint density at radius 1 is 0.421 bits per heavy atom. The van der Waals surface area contributed by atoms with Crippen LogP contribution in [0.5, 0.6) is 0 Å². The molecule has 806 valence electrons. The van der Waals surface area contributed by atoms with E-state index in [0.717, 1.165) is 6.86 Å². The summed E-state index contributed by atoms with van der Waals surface area (Å²) in [7, 11) is 10.1. The van der Waals surface area contributed by atoms with Crippen LogP contribution in [-0.4, -0.2) is 342 Å². The minimum atomic E-state index is -1.41. The number of aliphatic hydroxyl groups excluding tert-OH is 4. The minimum Gasteiger partial charge on any atom is -0.388 e. The SMILES string of the molecule is C.C.CBr.CBr.CC(=O)O.CC(=O)O[C@@H]1[C@H]2OC(C)(C)O[C@H]2OC[C@H]1OC(C)=O.CC(=O)O[C@H]1[C@H](OC(C)=O)COC(Br)[C@@H]1C.CC(=O)O[C@H]1[C@H](OC(C)=O)COC(C)[C@@H]1C.CI.CO[C@@H]1[C@H]2OC(C)(C)O[C@H]2OC[C@H]1OC.CO[C@H]1[C@H](OC)COC(Br)[C@@H]1C.CO[C@H]1[C@H](OC)COC(C)[C@@H]1C.ClCCl.ClCCl.IC(I)I.ICI.I[I-]I.OC1OC[C@@H](O)[C@H](O)[C@H]1O.[CH2-]I.[CH3-].[V].[V]. The Labute approximate surface area is 994 Å². The maximum Gasteiger partial charge on any atom is 0.183 e. The fraction of sp³-hybridized carbons (Fsp3) is 0.885. The zero-order valence-corrected chi connectivity index (χ0v) is 112. The fourth-order valence-corrected chi connectivity index (χ4v) is 12.6. The third kappa shape index (κ3) is 78.8. The van der Waals surface area contributed by atoms with E-state index in [1.165, 1.54) is 44.0 Å². The van der Waals surface area contributed by atoms with E-state index in [1.807, 2.05) is 73.8 Å². The van der Waals surface area contributed by atoms with E-state index < -0.39 is 121 Å². The van der Waals surface area contributed by atoms with Gasteiger partial charge in [-0.2, -0.15) is 0 Å². The Morgan fingerprint density at radius 2 is 0.647 bits per heavy atom. The molecule has 0 aromatic rings. The molecule has 9 aliphatic rings. The molecule has 9 heterocycles. The number of alkyl halides is 14. The summed E-state index contributed by atoms with van der Waals surface area (Å²) in [6.45, 7) is 30.3. The van der Waals surface area contributed by atoms with Gasteiger partial charge in [0.1, 0.15) is 71.0 Å². The molecular formula is C78H145Br4Cl4I10O35V2-3. The molecule has 9 aliphatic heterocycles. The summed E-state index contributed by atoms with van der Waals surface area (Å²) in [6.07, 6.45) is -9.99. The van der Waals surface area contributed by atoms with Crippen molar-refractivity contribution >= 4 is 347 Å². The number of halogens is 18. The molecule has 0 saturated carbocycles. The van der Waals surface area contributed by atoms with Gasteiger partial charge in [0.2, 0.25) is 0 Å². The summed E-state index contributed by atoms with van der Waals surface area (Å²) in [5, 5.41) is 42.9. The smallest absolute Gasteiger partial charge is 0.183 e. The Hall–Kier alpha value is 7.00. The molecule has 0 spiro atoms. The number of methoxy groups -OCH3 is 6. The van der Waals surface area contributed by atoms with Gasteiger partial charge in [0.25, 0.3) is 5.97 Å². The van der Waals surface area contributed by atoms with E-state index in [9.17, 15) is 28.8 Å². The van der Waals surface area contributed by atoms with E-state index in [2.05, 4.69) is 267 Å². The van der Waals surface area contributed by atoms with Gasteiger partial charge in [-0.3, -0.25) is 38.5 Å². The summed E-state index contributed by atoms with van der Waals surface area (Å²) in [4.78, 5) is 80.2. The first kappa shape index (κ1) is 168. The number of carboxylic acid groups (broad SMARTS) is 1. The van der Waals surface area contributed by atoms with Crippen LogP contribution in [0, 0.1) is 36.0 Å². The van der Waals surface area contributed by atoms with Crippen molar-refractivity contribution in [2.45, 2.75) is 289 Å². The molecule has 9 rings (SSSR count). The van der Waals surface area contributed by atoms with Gasteiger partial charge >= 0.3 is 86.3 Å². The van der Waals surface area contributed by atoms with Gasteiger partial charge in [0, 0.05) is 152 Å². The number of carbonyl (C=O) groups excluding carboxylic acids is 6. The second-order valence-electron chi connectivity index (χ2n) is 27.0. The van der Waals surface area contributed by atoms with Crippen molar-refractivity contribution in [1.82, 2.24) is 0 Å². The molecule has 133 heavy (non-hydrogen) atoms. The van der Waals surface area contributed by atoms with E-state index in [0.29, 0.717) is 44.9 Å².